The fourth-order valence-corrected chi connectivity index (χ4v) is 4.71. The molecule has 39 heavy (non-hydrogen) atoms. The number of ether oxygens (including phenoxy) is 2. The molecule has 4 aromatic carbocycles. The Kier molecular flexibility index (Phi) is 7.70. The van der Waals surface area contributed by atoms with Gasteiger partial charge >= 0.3 is 0 Å². The topological polar surface area (TPSA) is 70.5 Å². The van der Waals surface area contributed by atoms with Crippen molar-refractivity contribution in [2.24, 2.45) is 0 Å². The van der Waals surface area contributed by atoms with Gasteiger partial charge < -0.3 is 20.9 Å². The lowest BCUT2D eigenvalue weighted by Gasteiger charge is -2.26. The van der Waals surface area contributed by atoms with Crippen molar-refractivity contribution in [3.8, 4) is 23.0 Å². The molecule has 0 saturated carbocycles. The molecule has 4 nitrogen and oxygen atoms in total. The van der Waals surface area contributed by atoms with Crippen LogP contribution >= 0.6 is 0 Å². The molecule has 4 rings (SSSR count). The Morgan fingerprint density at radius 1 is 0.538 bits per heavy atom. The van der Waals surface area contributed by atoms with Crippen molar-refractivity contribution in [3.63, 3.8) is 0 Å². The van der Waals surface area contributed by atoms with Crippen LogP contribution in [-0.2, 0) is 17.3 Å². The number of anilines is 2. The van der Waals surface area contributed by atoms with E-state index in [0.717, 1.165) is 40.8 Å². The molecule has 0 bridgehead atoms. The van der Waals surface area contributed by atoms with E-state index in [-0.39, 0.29) is 10.8 Å². The molecular weight excluding hydrogens is 480 g/mol. The smallest absolute Gasteiger partial charge is 0.131 e. The molecule has 0 amide bonds. The van der Waals surface area contributed by atoms with E-state index in [4.69, 9.17) is 20.9 Å². The lowest BCUT2D eigenvalue weighted by atomic mass is 9.81. The maximum Gasteiger partial charge on any atom is 0.131 e. The first kappa shape index (κ1) is 28.1. The number of hydrogen-bond acceptors (Lipinski definition) is 4. The Morgan fingerprint density at radius 3 is 1.18 bits per heavy atom. The molecule has 4 N–H and O–H groups in total. The number of nitrogen functional groups attached to an aromatic ring is 2. The quantitative estimate of drug-likeness (QED) is 0.248. The maximum absolute atomic E-state index is 6.36. The summed E-state index contributed by atoms with van der Waals surface area (Å²) < 4.78 is 12.7. The normalized spacial score (nSPS) is 11.9. The molecule has 0 aromatic heterocycles. The molecule has 0 aliphatic carbocycles. The van der Waals surface area contributed by atoms with Crippen LogP contribution in [0.3, 0.4) is 0 Å². The van der Waals surface area contributed by atoms with Gasteiger partial charge in [0.25, 0.3) is 0 Å². The number of aryl methyl sites for hydroxylation is 2. The largest absolute Gasteiger partial charge is 0.457 e. The second kappa shape index (κ2) is 10.7. The van der Waals surface area contributed by atoms with Crippen molar-refractivity contribution in [2.45, 2.75) is 72.6 Å². The number of hydrogen-bond donors (Lipinski definition) is 2. The van der Waals surface area contributed by atoms with Gasteiger partial charge in [-0.2, -0.15) is 0 Å². The summed E-state index contributed by atoms with van der Waals surface area (Å²) in [7, 11) is 0. The molecule has 0 fully saturated rings. The minimum atomic E-state index is -0.0893. The zero-order valence-corrected chi connectivity index (χ0v) is 24.6. The summed E-state index contributed by atoms with van der Waals surface area (Å²) in [6.45, 7) is 17.7. The maximum atomic E-state index is 6.36. The van der Waals surface area contributed by atoms with Crippen LogP contribution in [0.1, 0.15) is 74.9 Å². The molecule has 0 aliphatic heterocycles. The third-order valence-corrected chi connectivity index (χ3v) is 7.09. The van der Waals surface area contributed by atoms with Gasteiger partial charge in [-0.3, -0.25) is 0 Å². The molecular formula is C35H42N2O2. The standard InChI is InChI=1S/C35H42N2O2/c1-22-17-32(38-28-13-9-26(36)10-14-28)30(34(3,4)5)20-24(22)19-25-21-31(35(6,7)8)33(18-23(25)2)39-29-15-11-27(37)12-16-29/h9-18,20-21H,19,36-37H2,1-8H3. The van der Waals surface area contributed by atoms with Crippen molar-refractivity contribution in [1.82, 2.24) is 0 Å². The molecule has 0 spiro atoms. The van der Waals surface area contributed by atoms with E-state index in [9.17, 15) is 0 Å². The van der Waals surface area contributed by atoms with Crippen molar-refractivity contribution in [1.29, 1.82) is 0 Å². The third-order valence-electron chi connectivity index (χ3n) is 7.09. The monoisotopic (exact) mass is 522 g/mol. The molecule has 4 aromatic rings. The van der Waals surface area contributed by atoms with Gasteiger partial charge in [-0.05, 0) is 114 Å². The number of nitrogens with two attached hydrogens (primary N) is 2. The van der Waals surface area contributed by atoms with E-state index in [1.807, 2.05) is 48.5 Å². The lowest BCUT2D eigenvalue weighted by molar-refractivity contribution is 0.454. The summed E-state index contributed by atoms with van der Waals surface area (Å²) in [5.74, 6) is 3.33. The first-order valence-electron chi connectivity index (χ1n) is 13.6. The molecule has 0 aliphatic rings. The number of rotatable bonds is 6. The van der Waals surface area contributed by atoms with Crippen molar-refractivity contribution < 1.29 is 9.47 Å². The second-order valence-corrected chi connectivity index (χ2v) is 12.6. The highest BCUT2D eigenvalue weighted by molar-refractivity contribution is 5.53. The Balaban J connectivity index is 1.72. The van der Waals surface area contributed by atoms with Crippen LogP contribution in [0.15, 0.2) is 72.8 Å². The fourth-order valence-electron chi connectivity index (χ4n) is 4.71. The van der Waals surface area contributed by atoms with Crippen LogP contribution in [0.2, 0.25) is 0 Å². The predicted molar refractivity (Wildman–Crippen MR) is 164 cm³/mol. The van der Waals surface area contributed by atoms with E-state index < -0.39 is 0 Å². The minimum absolute atomic E-state index is 0.0893. The zero-order chi connectivity index (χ0) is 28.5. The summed E-state index contributed by atoms with van der Waals surface area (Å²) in [6, 6.07) is 24.1. The summed E-state index contributed by atoms with van der Waals surface area (Å²) in [5, 5.41) is 0. The van der Waals surface area contributed by atoms with Crippen molar-refractivity contribution >= 4 is 11.4 Å². The molecule has 0 saturated heterocycles. The average molecular weight is 523 g/mol. The van der Waals surface area contributed by atoms with Crippen LogP contribution in [0.25, 0.3) is 0 Å². The van der Waals surface area contributed by atoms with Gasteiger partial charge in [0, 0.05) is 22.5 Å². The fraction of sp³-hybridized carbons (Fsp3) is 0.314. The lowest BCUT2D eigenvalue weighted by Crippen LogP contribution is -2.15. The third kappa shape index (κ3) is 6.75. The van der Waals surface area contributed by atoms with Gasteiger partial charge in [-0.15, -0.1) is 0 Å². The van der Waals surface area contributed by atoms with E-state index >= 15 is 0 Å². The van der Waals surface area contributed by atoms with Gasteiger partial charge in [0.2, 0.25) is 0 Å². The van der Waals surface area contributed by atoms with Crippen LogP contribution < -0.4 is 20.9 Å². The van der Waals surface area contributed by atoms with Gasteiger partial charge in [0.05, 0.1) is 0 Å². The van der Waals surface area contributed by atoms with Crippen LogP contribution in [-0.4, -0.2) is 0 Å². The summed E-state index contributed by atoms with van der Waals surface area (Å²) in [4.78, 5) is 0. The van der Waals surface area contributed by atoms with E-state index in [2.05, 4.69) is 79.7 Å². The SMILES string of the molecule is Cc1cc(Oc2ccc(N)cc2)c(C(C)(C)C)cc1Cc1cc(C(C)(C)C)c(Oc2ccc(N)cc2)cc1C. The molecule has 0 atom stereocenters. The Labute approximate surface area is 234 Å². The Hall–Kier alpha value is -3.92. The highest BCUT2D eigenvalue weighted by atomic mass is 16.5. The van der Waals surface area contributed by atoms with Crippen LogP contribution in [0.5, 0.6) is 23.0 Å². The average Bonchev–Trinajstić information content (AvgIpc) is 2.83. The predicted octanol–water partition coefficient (Wildman–Crippen LogP) is 9.24. The van der Waals surface area contributed by atoms with E-state index in [0.29, 0.717) is 0 Å². The van der Waals surface area contributed by atoms with Gasteiger partial charge in [-0.25, -0.2) is 0 Å². The summed E-state index contributed by atoms with van der Waals surface area (Å²) >= 11 is 0. The zero-order valence-electron chi connectivity index (χ0n) is 24.6. The van der Waals surface area contributed by atoms with Crippen LogP contribution in [0, 0.1) is 13.8 Å². The van der Waals surface area contributed by atoms with Crippen molar-refractivity contribution in [2.75, 3.05) is 11.5 Å². The first-order valence-corrected chi connectivity index (χ1v) is 13.6. The first-order chi connectivity index (χ1) is 18.2. The highest BCUT2D eigenvalue weighted by Gasteiger charge is 2.24. The highest BCUT2D eigenvalue weighted by Crippen LogP contribution is 2.40. The molecule has 0 unspecified atom stereocenters. The van der Waals surface area contributed by atoms with Gasteiger partial charge in [-0.1, -0.05) is 53.7 Å². The van der Waals surface area contributed by atoms with Gasteiger partial charge in [0.1, 0.15) is 23.0 Å². The summed E-state index contributed by atoms with van der Waals surface area (Å²) in [5.41, 5.74) is 20.3. The van der Waals surface area contributed by atoms with Crippen molar-refractivity contribution in [3.05, 3.63) is 106 Å². The Morgan fingerprint density at radius 2 is 0.872 bits per heavy atom. The Bertz CT molecular complexity index is 1340. The van der Waals surface area contributed by atoms with E-state index in [1.165, 1.54) is 33.4 Å². The minimum Gasteiger partial charge on any atom is -0.457 e. The summed E-state index contributed by atoms with van der Waals surface area (Å²) in [6.07, 6.45) is 0.828. The number of benzene rings is 4. The molecule has 204 valence electrons. The second-order valence-electron chi connectivity index (χ2n) is 12.6. The van der Waals surface area contributed by atoms with E-state index in [1.54, 1.807) is 0 Å². The molecule has 4 heteroatoms. The van der Waals surface area contributed by atoms with Gasteiger partial charge in [0.15, 0.2) is 0 Å². The van der Waals surface area contributed by atoms with Crippen LogP contribution in [0.4, 0.5) is 11.4 Å². The molecule has 0 heterocycles. The molecule has 0 radical (unpaired) electrons.